The van der Waals surface area contributed by atoms with Gasteiger partial charge < -0.3 is 9.67 Å². The Labute approximate surface area is 112 Å². The number of benzene rings is 1. The van der Waals surface area contributed by atoms with E-state index in [-0.39, 0.29) is 6.10 Å². The van der Waals surface area contributed by atoms with E-state index >= 15 is 0 Å². The summed E-state index contributed by atoms with van der Waals surface area (Å²) < 4.78 is 2.12. The van der Waals surface area contributed by atoms with Gasteiger partial charge in [-0.1, -0.05) is 24.1 Å². The van der Waals surface area contributed by atoms with Crippen LogP contribution in [0.5, 0.6) is 0 Å². The second-order valence-corrected chi connectivity index (χ2v) is 5.83. The highest BCUT2D eigenvalue weighted by Gasteiger charge is 2.26. The van der Waals surface area contributed by atoms with Gasteiger partial charge in [0.15, 0.2) is 0 Å². The smallest absolute Gasteiger partial charge is 0.0571 e. The Hall–Kier alpha value is -0.990. The lowest BCUT2D eigenvalue weighted by Crippen LogP contribution is -2.15. The summed E-state index contributed by atoms with van der Waals surface area (Å²) in [7, 11) is 2.05. The topological polar surface area (TPSA) is 25.2 Å². The number of rotatable bonds is 2. The molecule has 18 heavy (non-hydrogen) atoms. The van der Waals surface area contributed by atoms with Crippen molar-refractivity contribution in [1.82, 2.24) is 4.57 Å². The molecule has 1 aromatic carbocycles. The Morgan fingerprint density at radius 1 is 1.39 bits per heavy atom. The van der Waals surface area contributed by atoms with Crippen LogP contribution in [0.25, 0.3) is 10.9 Å². The molecule has 0 aliphatic heterocycles. The first kappa shape index (κ1) is 12.1. The number of hydrogen-bond acceptors (Lipinski definition) is 1. The van der Waals surface area contributed by atoms with Crippen LogP contribution in [-0.2, 0) is 13.5 Å². The number of aliphatic hydroxyl groups excluding tert-OH is 1. The predicted molar refractivity (Wildman–Crippen MR) is 75.0 cm³/mol. The van der Waals surface area contributed by atoms with E-state index < -0.39 is 0 Å². The first-order valence-corrected chi connectivity index (χ1v) is 6.94. The Morgan fingerprint density at radius 3 is 2.94 bits per heavy atom. The third kappa shape index (κ3) is 2.04. The van der Waals surface area contributed by atoms with Crippen molar-refractivity contribution in [3.8, 4) is 0 Å². The molecule has 3 heteroatoms. The van der Waals surface area contributed by atoms with Crippen molar-refractivity contribution < 1.29 is 5.11 Å². The highest BCUT2D eigenvalue weighted by Crippen LogP contribution is 2.32. The largest absolute Gasteiger partial charge is 0.393 e. The fourth-order valence-electron chi connectivity index (χ4n) is 3.14. The molecule has 2 aromatic rings. The zero-order valence-corrected chi connectivity index (χ0v) is 11.3. The molecule has 1 heterocycles. The van der Waals surface area contributed by atoms with Crippen molar-refractivity contribution in [2.24, 2.45) is 13.0 Å². The van der Waals surface area contributed by atoms with Gasteiger partial charge in [0.2, 0.25) is 0 Å². The van der Waals surface area contributed by atoms with Crippen molar-refractivity contribution in [3.63, 3.8) is 0 Å². The van der Waals surface area contributed by atoms with E-state index in [4.69, 9.17) is 11.6 Å². The van der Waals surface area contributed by atoms with E-state index in [2.05, 4.69) is 16.8 Å². The molecule has 96 valence electrons. The van der Waals surface area contributed by atoms with Gasteiger partial charge in [0.25, 0.3) is 0 Å². The lowest BCUT2D eigenvalue weighted by Gasteiger charge is -2.13. The summed E-state index contributed by atoms with van der Waals surface area (Å²) in [6.45, 7) is 0. The summed E-state index contributed by atoms with van der Waals surface area (Å²) in [5.74, 6) is 0.422. The minimum Gasteiger partial charge on any atom is -0.393 e. The number of nitrogens with zero attached hydrogens (tertiary/aromatic N) is 1. The highest BCUT2D eigenvalue weighted by atomic mass is 35.5. The van der Waals surface area contributed by atoms with Gasteiger partial charge in [0.1, 0.15) is 0 Å². The fourth-order valence-corrected chi connectivity index (χ4v) is 3.31. The van der Waals surface area contributed by atoms with E-state index in [9.17, 15) is 5.11 Å². The summed E-state index contributed by atoms with van der Waals surface area (Å²) in [5, 5.41) is 12.0. The standard InChI is InChI=1S/C15H18ClNO/c1-17-9-11(7-10-3-2-4-15(10)18)13-6-5-12(16)8-14(13)17/h5-6,8-10,15,18H,2-4,7H2,1H3. The molecule has 2 unspecified atom stereocenters. The van der Waals surface area contributed by atoms with E-state index in [1.165, 1.54) is 16.5 Å². The molecule has 1 aliphatic rings. The number of aromatic nitrogens is 1. The number of fused-ring (bicyclic) bond motifs is 1. The van der Waals surface area contributed by atoms with Crippen molar-refractivity contribution >= 4 is 22.5 Å². The van der Waals surface area contributed by atoms with Gasteiger partial charge in [0.05, 0.1) is 6.10 Å². The molecular formula is C15H18ClNO. The second kappa shape index (κ2) is 4.60. The molecule has 1 aromatic heterocycles. The van der Waals surface area contributed by atoms with Crippen molar-refractivity contribution in [2.75, 3.05) is 0 Å². The summed E-state index contributed by atoms with van der Waals surface area (Å²) in [4.78, 5) is 0. The summed E-state index contributed by atoms with van der Waals surface area (Å²) in [6.07, 6.45) is 6.29. The lowest BCUT2D eigenvalue weighted by molar-refractivity contribution is 0.133. The van der Waals surface area contributed by atoms with Crippen LogP contribution in [0.15, 0.2) is 24.4 Å². The zero-order chi connectivity index (χ0) is 12.7. The van der Waals surface area contributed by atoms with E-state index in [1.54, 1.807) is 0 Å². The van der Waals surface area contributed by atoms with E-state index in [0.29, 0.717) is 5.92 Å². The van der Waals surface area contributed by atoms with Crippen LogP contribution >= 0.6 is 11.6 Å². The van der Waals surface area contributed by atoms with Gasteiger partial charge >= 0.3 is 0 Å². The number of aliphatic hydroxyl groups is 1. The maximum atomic E-state index is 9.95. The summed E-state index contributed by atoms with van der Waals surface area (Å²) in [6, 6.07) is 6.04. The van der Waals surface area contributed by atoms with Crippen molar-refractivity contribution in [2.45, 2.75) is 31.8 Å². The fraction of sp³-hybridized carbons (Fsp3) is 0.467. The molecule has 1 saturated carbocycles. The van der Waals surface area contributed by atoms with Gasteiger partial charge in [-0.2, -0.15) is 0 Å². The zero-order valence-electron chi connectivity index (χ0n) is 10.6. The van der Waals surface area contributed by atoms with Gasteiger partial charge in [-0.25, -0.2) is 0 Å². The SMILES string of the molecule is Cn1cc(CC2CCCC2O)c2ccc(Cl)cc21. The van der Waals surface area contributed by atoms with E-state index in [0.717, 1.165) is 30.7 Å². The van der Waals surface area contributed by atoms with Crippen molar-refractivity contribution in [3.05, 3.63) is 35.0 Å². The predicted octanol–water partition coefficient (Wildman–Crippen LogP) is 3.54. The van der Waals surface area contributed by atoms with E-state index in [1.807, 2.05) is 19.2 Å². The molecule has 1 aliphatic carbocycles. The number of halogens is 1. The van der Waals surface area contributed by atoms with Crippen LogP contribution in [0.4, 0.5) is 0 Å². The maximum Gasteiger partial charge on any atom is 0.0571 e. The summed E-state index contributed by atoms with van der Waals surface area (Å²) in [5.41, 5.74) is 2.50. The Kier molecular flexibility index (Phi) is 3.08. The average Bonchev–Trinajstić information content (AvgIpc) is 2.86. The maximum absolute atomic E-state index is 9.95. The first-order valence-electron chi connectivity index (χ1n) is 6.56. The minimum atomic E-state index is -0.118. The molecule has 3 rings (SSSR count). The van der Waals surface area contributed by atoms with Crippen molar-refractivity contribution in [1.29, 1.82) is 0 Å². The molecule has 0 amide bonds. The molecule has 1 N–H and O–H groups in total. The summed E-state index contributed by atoms with van der Waals surface area (Å²) >= 11 is 6.04. The quantitative estimate of drug-likeness (QED) is 0.881. The number of aryl methyl sites for hydroxylation is 1. The van der Waals surface area contributed by atoms with Crippen LogP contribution in [-0.4, -0.2) is 15.8 Å². The Balaban J connectivity index is 1.97. The molecule has 1 fully saturated rings. The molecule has 0 spiro atoms. The molecular weight excluding hydrogens is 246 g/mol. The Bertz CT molecular complexity index is 575. The van der Waals surface area contributed by atoms with Crippen LogP contribution in [0.1, 0.15) is 24.8 Å². The average molecular weight is 264 g/mol. The third-order valence-corrected chi connectivity index (χ3v) is 4.37. The molecule has 2 atom stereocenters. The van der Waals surface area contributed by atoms with Crippen LogP contribution in [0, 0.1) is 5.92 Å². The number of hydrogen-bond donors (Lipinski definition) is 1. The normalized spacial score (nSPS) is 23.9. The molecule has 0 bridgehead atoms. The van der Waals surface area contributed by atoms with Crippen LogP contribution in [0.2, 0.25) is 5.02 Å². The van der Waals surface area contributed by atoms with Gasteiger partial charge in [-0.3, -0.25) is 0 Å². The van der Waals surface area contributed by atoms with Gasteiger partial charge in [-0.15, -0.1) is 0 Å². The Morgan fingerprint density at radius 2 is 2.22 bits per heavy atom. The molecule has 0 saturated heterocycles. The third-order valence-electron chi connectivity index (χ3n) is 4.14. The molecule has 0 radical (unpaired) electrons. The van der Waals surface area contributed by atoms with Gasteiger partial charge in [0, 0.05) is 29.2 Å². The second-order valence-electron chi connectivity index (χ2n) is 5.39. The minimum absolute atomic E-state index is 0.118. The van der Waals surface area contributed by atoms with Crippen LogP contribution in [0.3, 0.4) is 0 Å². The molecule has 2 nitrogen and oxygen atoms in total. The van der Waals surface area contributed by atoms with Crippen LogP contribution < -0.4 is 0 Å². The van der Waals surface area contributed by atoms with Gasteiger partial charge in [-0.05, 0) is 42.9 Å². The first-order chi connectivity index (χ1) is 8.65. The monoisotopic (exact) mass is 263 g/mol. The highest BCUT2D eigenvalue weighted by molar-refractivity contribution is 6.31. The lowest BCUT2D eigenvalue weighted by atomic mass is 9.96.